The molecule has 22 N–H and O–H groups in total. The molecule has 0 spiro atoms. The van der Waals surface area contributed by atoms with Gasteiger partial charge in [-0.25, -0.2) is 0 Å². The number of hydrogen-bond donors (Lipinski definition) is 20. The van der Waals surface area contributed by atoms with Crippen molar-refractivity contribution in [1.82, 2.24) is 74.4 Å². The number of carbonyl (C=O) groups excluding carboxylic acids is 12. The topological polar surface area (TPSA) is 557 Å². The van der Waals surface area contributed by atoms with E-state index in [1.807, 2.05) is 84.9 Å². The number of nitrogens with zero attached hydrogens (tertiary/aromatic N) is 2. The van der Waals surface area contributed by atoms with Crippen molar-refractivity contribution in [3.05, 3.63) is 156 Å². The fraction of sp³-hybridized carbons (Fsp3) is 0.392. The average Bonchev–Trinajstić information content (AvgIpc) is 1.11. The SMILES string of the molecule is N=C(N)NCCC[C@@H]1NC(=O)[C@H](CCCNC(=O)CON=CCCCC=NOCC(=O)NCCC[C@@H]2NC(=O)[C@@H](Cc3ccc(O)cc3)NC(=O)CNC(=O)[C@H](Cc3ccc4ccccc4c3)NC(=O)[C@H](CCCNC(=N)N)NC2=O)NC(=O)[C@@H](Cc2ccc(O)cc2)NC(=O)CNC(=O)[C@H](Cc2ccc3ccccc3c2)NC1=O. The molecule has 0 radical (unpaired) electrons. The number of phenolic OH excluding ortho intramolecular Hbond substituents is 2. The van der Waals surface area contributed by atoms with Crippen LogP contribution in [0.25, 0.3) is 21.5 Å². The summed E-state index contributed by atoms with van der Waals surface area (Å²) in [7, 11) is 0. The molecule has 12 amide bonds. The van der Waals surface area contributed by atoms with Crippen LogP contribution in [-0.2, 0) is 92.9 Å². The van der Waals surface area contributed by atoms with Crippen LogP contribution in [0, 0.1) is 10.8 Å². The molecule has 2 fully saturated rings. The van der Waals surface area contributed by atoms with E-state index >= 15 is 0 Å². The van der Waals surface area contributed by atoms with Crippen molar-refractivity contribution in [3.8, 4) is 11.5 Å². The molecule has 0 aromatic heterocycles. The van der Waals surface area contributed by atoms with E-state index in [9.17, 15) is 67.7 Å². The fourth-order valence-electron chi connectivity index (χ4n) is 12.5. The third-order valence-electron chi connectivity index (χ3n) is 18.5. The number of phenols is 2. The summed E-state index contributed by atoms with van der Waals surface area (Å²) in [5, 5.41) is 84.0. The molecule has 612 valence electrons. The van der Waals surface area contributed by atoms with Crippen LogP contribution in [0.15, 0.2) is 144 Å². The highest BCUT2D eigenvalue weighted by Gasteiger charge is 2.36. The quantitative estimate of drug-likeness (QED) is 0.0103. The predicted octanol–water partition coefficient (Wildman–Crippen LogP) is -0.693. The number of fused-ring (bicyclic) bond motifs is 2. The third kappa shape index (κ3) is 30.6. The first-order chi connectivity index (χ1) is 55.4. The second-order valence-electron chi connectivity index (χ2n) is 27.6. The minimum Gasteiger partial charge on any atom is -0.508 e. The van der Waals surface area contributed by atoms with Crippen LogP contribution >= 0.6 is 0 Å². The zero-order valence-corrected chi connectivity index (χ0v) is 63.4. The van der Waals surface area contributed by atoms with Crippen LogP contribution in [0.4, 0.5) is 0 Å². The van der Waals surface area contributed by atoms with Gasteiger partial charge in [0, 0.05) is 64.3 Å². The lowest BCUT2D eigenvalue weighted by molar-refractivity contribution is -0.134. The van der Waals surface area contributed by atoms with Crippen molar-refractivity contribution in [3.63, 3.8) is 0 Å². The largest absolute Gasteiger partial charge is 0.508 e. The first-order valence-corrected chi connectivity index (χ1v) is 37.9. The second-order valence-corrected chi connectivity index (χ2v) is 27.6. The fourth-order valence-corrected chi connectivity index (χ4v) is 12.5. The van der Waals surface area contributed by atoms with Crippen molar-refractivity contribution in [1.29, 1.82) is 10.8 Å². The van der Waals surface area contributed by atoms with E-state index in [2.05, 4.69) is 84.7 Å². The molecule has 2 saturated heterocycles. The Balaban J connectivity index is 0.802. The molecule has 0 bridgehead atoms. The zero-order chi connectivity index (χ0) is 82.4. The summed E-state index contributed by atoms with van der Waals surface area (Å²) in [6, 6.07) is 27.7. The molecule has 36 nitrogen and oxygen atoms in total. The van der Waals surface area contributed by atoms with Gasteiger partial charge in [-0.15, -0.1) is 0 Å². The number of benzene rings is 6. The monoisotopic (exact) mass is 1580 g/mol. The minimum absolute atomic E-state index is 0.00987. The van der Waals surface area contributed by atoms with E-state index in [1.165, 1.54) is 36.7 Å². The number of nitrogens with one attached hydrogen (secondary N) is 16. The maximum absolute atomic E-state index is 14.4. The molecule has 0 aliphatic carbocycles. The minimum atomic E-state index is -1.35. The lowest BCUT2D eigenvalue weighted by Gasteiger charge is -2.26. The number of guanidine groups is 2. The summed E-state index contributed by atoms with van der Waals surface area (Å²) in [5.41, 5.74) is 13.4. The van der Waals surface area contributed by atoms with Gasteiger partial charge in [-0.3, -0.25) is 68.4 Å². The molecular weight excluding hydrogens is 1480 g/mol. The molecule has 0 unspecified atom stereocenters. The van der Waals surface area contributed by atoms with Gasteiger partial charge in [0.05, 0.1) is 13.1 Å². The number of hydrogen-bond acceptors (Lipinski definition) is 20. The van der Waals surface area contributed by atoms with Gasteiger partial charge >= 0.3 is 0 Å². The Bertz CT molecular complexity index is 4180. The van der Waals surface area contributed by atoms with Crippen molar-refractivity contribution < 1.29 is 77.4 Å². The van der Waals surface area contributed by atoms with Crippen LogP contribution in [0.5, 0.6) is 11.5 Å². The number of aromatic hydroxyl groups is 2. The summed E-state index contributed by atoms with van der Waals surface area (Å²) in [4.78, 5) is 177. The van der Waals surface area contributed by atoms with Crippen molar-refractivity contribution in [2.75, 3.05) is 52.5 Å². The summed E-state index contributed by atoms with van der Waals surface area (Å²) in [6.07, 6.45) is 4.33. The highest BCUT2D eigenvalue weighted by Crippen LogP contribution is 2.21. The van der Waals surface area contributed by atoms with Gasteiger partial charge in [0.1, 0.15) is 59.8 Å². The van der Waals surface area contributed by atoms with E-state index in [0.717, 1.165) is 21.5 Å². The first-order valence-electron chi connectivity index (χ1n) is 37.9. The number of amides is 12. The number of nitrogens with two attached hydrogens (primary N) is 2. The maximum Gasteiger partial charge on any atom is 0.260 e. The van der Waals surface area contributed by atoms with Crippen LogP contribution in [0.2, 0.25) is 0 Å². The van der Waals surface area contributed by atoms with Crippen LogP contribution < -0.4 is 85.9 Å². The smallest absolute Gasteiger partial charge is 0.260 e. The molecule has 2 aliphatic rings. The molecule has 8 atom stereocenters. The second kappa shape index (κ2) is 45.8. The van der Waals surface area contributed by atoms with Crippen molar-refractivity contribution in [2.24, 2.45) is 21.8 Å². The molecule has 6 aromatic carbocycles. The van der Waals surface area contributed by atoms with E-state index in [-0.39, 0.29) is 127 Å². The van der Waals surface area contributed by atoms with Crippen LogP contribution in [0.1, 0.15) is 92.9 Å². The Morgan fingerprint density at radius 2 is 0.678 bits per heavy atom. The van der Waals surface area contributed by atoms with Gasteiger partial charge in [-0.2, -0.15) is 0 Å². The molecular formula is C79H100N20O16. The van der Waals surface area contributed by atoms with E-state index in [1.54, 1.807) is 24.3 Å². The van der Waals surface area contributed by atoms with E-state index in [4.69, 9.17) is 32.0 Å². The number of oxime groups is 2. The highest BCUT2D eigenvalue weighted by atomic mass is 16.6. The van der Waals surface area contributed by atoms with Crippen molar-refractivity contribution >= 4 is 117 Å². The van der Waals surface area contributed by atoms with Gasteiger partial charge in [0.2, 0.25) is 59.1 Å². The molecule has 6 aromatic rings. The molecule has 2 aliphatic heterocycles. The highest BCUT2D eigenvalue weighted by molar-refractivity contribution is 5.99. The van der Waals surface area contributed by atoms with Gasteiger partial charge in [-0.1, -0.05) is 120 Å². The van der Waals surface area contributed by atoms with Crippen LogP contribution in [0.3, 0.4) is 0 Å². The van der Waals surface area contributed by atoms with Crippen molar-refractivity contribution in [2.45, 2.75) is 145 Å². The molecule has 8 rings (SSSR count). The average molecular weight is 1590 g/mol. The Hall–Kier alpha value is -13.4. The number of carbonyl (C=O) groups is 12. The van der Waals surface area contributed by atoms with E-state index < -0.39 is 146 Å². The maximum atomic E-state index is 14.4. The zero-order valence-electron chi connectivity index (χ0n) is 63.4. The van der Waals surface area contributed by atoms with Gasteiger partial charge in [-0.05, 0) is 139 Å². The molecule has 0 saturated carbocycles. The predicted molar refractivity (Wildman–Crippen MR) is 426 cm³/mol. The molecule has 115 heavy (non-hydrogen) atoms. The lowest BCUT2D eigenvalue weighted by Crippen LogP contribution is -2.58. The Kier molecular flexibility index (Phi) is 34.7. The summed E-state index contributed by atoms with van der Waals surface area (Å²) >= 11 is 0. The Morgan fingerprint density at radius 3 is 1.03 bits per heavy atom. The Labute approximate surface area is 662 Å². The van der Waals surface area contributed by atoms with Gasteiger partial charge in [0.15, 0.2) is 25.1 Å². The molecule has 2 heterocycles. The van der Waals surface area contributed by atoms with Gasteiger partial charge < -0.3 is 106 Å². The number of unbranched alkanes of at least 4 members (excludes halogenated alkanes) is 2. The van der Waals surface area contributed by atoms with Gasteiger partial charge in [0.25, 0.3) is 11.8 Å². The standard InChI is InChI=1S/C79H100N20O16/c80-78(81)86-34-10-18-60-74(110)98-62(42-50-20-26-52-12-2-4-14-54(52)38-50)70(106)88-44-66(102)92-64(40-48-22-28-56(100)29-23-48)76(112)96-58(72(108)94-60)16-8-32-84-68(104)46-114-90-36-6-1-7-37-91-115-47-69(105)85-33-9-17-59-73(109)95-61(19-11-35-87-79(82)83)75(111)99-63(43-51-21-27-53-13-3-5-15-55(53)39-51)71(107)89-45-67(103)93-65(77(113)97-59)41-49-24-30-57(101)31-25-49/h2-5,12-15,20-31,36-39,58-65,100-101H,1,6-11,16-19,32-35,40-47H2,(H,84,104)(H,85,105)(H,88,106)(H,89,107)(H,92,102)(H,93,103)(H,94,108)(H,95,109)(H,96,112)(H,97,113)(H,98,110)(H,99,111)(H4,80,81,86)(H4,82,83,87)/t58-,59-,60-,61-,62-,63-,64+,65+/m0/s1. The Morgan fingerprint density at radius 1 is 0.383 bits per heavy atom. The molecule has 36 heteroatoms. The summed E-state index contributed by atoms with van der Waals surface area (Å²) in [5.74, 6) is -9.50. The summed E-state index contributed by atoms with van der Waals surface area (Å²) in [6.45, 7) is -1.89. The van der Waals surface area contributed by atoms with E-state index in [0.29, 0.717) is 41.5 Å². The summed E-state index contributed by atoms with van der Waals surface area (Å²) < 4.78 is 0. The third-order valence-corrected chi connectivity index (χ3v) is 18.5. The first kappa shape index (κ1) is 87.1. The normalized spacial score (nSPS) is 19.7. The number of rotatable bonds is 34. The lowest BCUT2D eigenvalue weighted by atomic mass is 10.0. The van der Waals surface area contributed by atoms with Crippen LogP contribution in [-0.4, -0.2) is 206 Å².